The Bertz CT molecular complexity index is 223. The first kappa shape index (κ1) is 12.5. The summed E-state index contributed by atoms with van der Waals surface area (Å²) in [6.45, 7) is 7.39. The molecule has 0 heterocycles. The van der Waals surface area contributed by atoms with Crippen LogP contribution in [0.5, 0.6) is 0 Å². The van der Waals surface area contributed by atoms with E-state index >= 15 is 0 Å². The maximum absolute atomic E-state index is 9.34. The number of rotatable bonds is 4. The fourth-order valence-corrected chi connectivity index (χ4v) is 2.37. The van der Waals surface area contributed by atoms with Crippen molar-refractivity contribution in [2.24, 2.45) is 11.8 Å². The lowest BCUT2D eigenvalue weighted by Crippen LogP contribution is -2.49. The van der Waals surface area contributed by atoms with Gasteiger partial charge in [-0.15, -0.1) is 0 Å². The lowest BCUT2D eigenvalue weighted by Gasteiger charge is -2.35. The van der Waals surface area contributed by atoms with Crippen molar-refractivity contribution in [3.05, 3.63) is 0 Å². The zero-order valence-electron chi connectivity index (χ0n) is 10.3. The standard InChI is InChI=1S/C13H24N2/c1-11(2)9-15-13(3,10-14)12-7-5-4-6-8-12/h11-12,15H,4-9H2,1-3H3. The Morgan fingerprint density at radius 2 is 1.93 bits per heavy atom. The first-order valence-electron chi connectivity index (χ1n) is 6.25. The van der Waals surface area contributed by atoms with Crippen LogP contribution in [0.15, 0.2) is 0 Å². The van der Waals surface area contributed by atoms with E-state index in [-0.39, 0.29) is 5.54 Å². The molecule has 1 aliphatic carbocycles. The fraction of sp³-hybridized carbons (Fsp3) is 0.923. The number of nitriles is 1. The number of hydrogen-bond acceptors (Lipinski definition) is 2. The lowest BCUT2D eigenvalue weighted by atomic mass is 9.76. The molecule has 1 unspecified atom stereocenters. The van der Waals surface area contributed by atoms with E-state index in [1.165, 1.54) is 32.1 Å². The van der Waals surface area contributed by atoms with E-state index in [0.29, 0.717) is 11.8 Å². The van der Waals surface area contributed by atoms with E-state index in [2.05, 4.69) is 32.2 Å². The molecule has 1 atom stereocenters. The van der Waals surface area contributed by atoms with Gasteiger partial charge in [-0.25, -0.2) is 0 Å². The molecule has 0 bridgehead atoms. The van der Waals surface area contributed by atoms with Gasteiger partial charge in [0.2, 0.25) is 0 Å². The molecule has 1 saturated carbocycles. The van der Waals surface area contributed by atoms with E-state index in [1.54, 1.807) is 0 Å². The van der Waals surface area contributed by atoms with Gasteiger partial charge in [0, 0.05) is 0 Å². The second-order valence-electron chi connectivity index (χ2n) is 5.42. The van der Waals surface area contributed by atoms with Crippen molar-refractivity contribution in [2.45, 2.75) is 58.4 Å². The molecule has 0 aromatic heterocycles. The normalized spacial score (nSPS) is 22.3. The first-order valence-corrected chi connectivity index (χ1v) is 6.25. The monoisotopic (exact) mass is 208 g/mol. The van der Waals surface area contributed by atoms with Crippen LogP contribution in [-0.2, 0) is 0 Å². The van der Waals surface area contributed by atoms with Crippen molar-refractivity contribution in [3.8, 4) is 6.07 Å². The zero-order chi connectivity index (χ0) is 11.3. The third-order valence-corrected chi connectivity index (χ3v) is 3.53. The largest absolute Gasteiger partial charge is 0.299 e. The molecule has 0 amide bonds. The summed E-state index contributed by atoms with van der Waals surface area (Å²) in [7, 11) is 0. The summed E-state index contributed by atoms with van der Waals surface area (Å²) in [4.78, 5) is 0. The summed E-state index contributed by atoms with van der Waals surface area (Å²) in [5.74, 6) is 1.16. The van der Waals surface area contributed by atoms with Crippen molar-refractivity contribution in [3.63, 3.8) is 0 Å². The molecule has 2 nitrogen and oxygen atoms in total. The van der Waals surface area contributed by atoms with Crippen LogP contribution < -0.4 is 5.32 Å². The van der Waals surface area contributed by atoms with Crippen molar-refractivity contribution in [1.82, 2.24) is 5.32 Å². The van der Waals surface area contributed by atoms with Gasteiger partial charge < -0.3 is 0 Å². The molecule has 15 heavy (non-hydrogen) atoms. The van der Waals surface area contributed by atoms with Gasteiger partial charge in [-0.1, -0.05) is 33.1 Å². The molecule has 0 saturated heterocycles. The Morgan fingerprint density at radius 1 is 1.33 bits per heavy atom. The van der Waals surface area contributed by atoms with Crippen molar-refractivity contribution >= 4 is 0 Å². The summed E-state index contributed by atoms with van der Waals surface area (Å²) in [6.07, 6.45) is 6.38. The smallest absolute Gasteiger partial charge is 0.106 e. The Hall–Kier alpha value is -0.550. The van der Waals surface area contributed by atoms with Crippen LogP contribution in [0.3, 0.4) is 0 Å². The zero-order valence-corrected chi connectivity index (χ0v) is 10.3. The Kier molecular flexibility index (Phi) is 4.60. The molecular formula is C13H24N2. The van der Waals surface area contributed by atoms with Gasteiger partial charge in [0.1, 0.15) is 5.54 Å². The lowest BCUT2D eigenvalue weighted by molar-refractivity contribution is 0.222. The maximum Gasteiger partial charge on any atom is 0.106 e. The average molecular weight is 208 g/mol. The summed E-state index contributed by atoms with van der Waals surface area (Å²) >= 11 is 0. The van der Waals surface area contributed by atoms with Crippen LogP contribution in [0.2, 0.25) is 0 Å². The quantitative estimate of drug-likeness (QED) is 0.770. The van der Waals surface area contributed by atoms with Crippen LogP contribution in [-0.4, -0.2) is 12.1 Å². The second kappa shape index (κ2) is 5.51. The van der Waals surface area contributed by atoms with Gasteiger partial charge in [-0.2, -0.15) is 5.26 Å². The first-order chi connectivity index (χ1) is 7.08. The molecule has 0 aromatic rings. The SMILES string of the molecule is CC(C)CNC(C)(C#N)C1CCCCC1. The van der Waals surface area contributed by atoms with Gasteiger partial charge in [-0.05, 0) is 38.1 Å². The molecule has 86 valence electrons. The van der Waals surface area contributed by atoms with E-state index in [4.69, 9.17) is 0 Å². The Morgan fingerprint density at radius 3 is 2.40 bits per heavy atom. The predicted octanol–water partition coefficient (Wildman–Crippen LogP) is 3.09. The third kappa shape index (κ3) is 3.50. The summed E-state index contributed by atoms with van der Waals surface area (Å²) in [5.41, 5.74) is -0.301. The second-order valence-corrected chi connectivity index (χ2v) is 5.42. The van der Waals surface area contributed by atoms with Crippen molar-refractivity contribution in [1.29, 1.82) is 5.26 Å². The van der Waals surface area contributed by atoms with E-state index in [0.717, 1.165) is 6.54 Å². The summed E-state index contributed by atoms with van der Waals surface area (Å²) in [5, 5.41) is 12.8. The molecule has 2 heteroatoms. The molecule has 1 aliphatic rings. The predicted molar refractivity (Wildman–Crippen MR) is 63.4 cm³/mol. The molecule has 1 fully saturated rings. The van der Waals surface area contributed by atoms with Gasteiger partial charge in [0.15, 0.2) is 0 Å². The summed E-state index contributed by atoms with van der Waals surface area (Å²) < 4.78 is 0. The highest BCUT2D eigenvalue weighted by molar-refractivity contribution is 5.08. The van der Waals surface area contributed by atoms with Crippen LogP contribution in [0, 0.1) is 23.2 Å². The van der Waals surface area contributed by atoms with Crippen molar-refractivity contribution in [2.75, 3.05) is 6.54 Å². The van der Waals surface area contributed by atoms with Crippen LogP contribution in [0.1, 0.15) is 52.9 Å². The van der Waals surface area contributed by atoms with Gasteiger partial charge >= 0.3 is 0 Å². The van der Waals surface area contributed by atoms with Crippen LogP contribution >= 0.6 is 0 Å². The third-order valence-electron chi connectivity index (χ3n) is 3.53. The van der Waals surface area contributed by atoms with Gasteiger partial charge in [0.25, 0.3) is 0 Å². The minimum absolute atomic E-state index is 0.301. The molecular weight excluding hydrogens is 184 g/mol. The average Bonchev–Trinajstić information content (AvgIpc) is 2.27. The highest BCUT2D eigenvalue weighted by Crippen LogP contribution is 2.32. The molecule has 0 spiro atoms. The fourth-order valence-electron chi connectivity index (χ4n) is 2.37. The number of nitrogens with one attached hydrogen (secondary N) is 1. The van der Waals surface area contributed by atoms with E-state index in [9.17, 15) is 5.26 Å². The molecule has 1 N–H and O–H groups in total. The van der Waals surface area contributed by atoms with E-state index < -0.39 is 0 Å². The van der Waals surface area contributed by atoms with Crippen LogP contribution in [0.4, 0.5) is 0 Å². The minimum atomic E-state index is -0.301. The minimum Gasteiger partial charge on any atom is -0.299 e. The van der Waals surface area contributed by atoms with Gasteiger partial charge in [0.05, 0.1) is 6.07 Å². The number of nitrogens with zero attached hydrogens (tertiary/aromatic N) is 1. The topological polar surface area (TPSA) is 35.8 Å². The Balaban J connectivity index is 2.54. The van der Waals surface area contributed by atoms with E-state index in [1.807, 2.05) is 0 Å². The molecule has 0 aromatic carbocycles. The number of hydrogen-bond donors (Lipinski definition) is 1. The highest BCUT2D eigenvalue weighted by Gasteiger charge is 2.34. The Labute approximate surface area is 94.1 Å². The molecule has 0 aliphatic heterocycles. The molecule has 1 rings (SSSR count). The summed E-state index contributed by atoms with van der Waals surface area (Å²) in [6, 6.07) is 2.49. The highest BCUT2D eigenvalue weighted by atomic mass is 15.0. The van der Waals surface area contributed by atoms with Crippen molar-refractivity contribution < 1.29 is 0 Å². The molecule has 0 radical (unpaired) electrons. The van der Waals surface area contributed by atoms with Crippen LogP contribution in [0.25, 0.3) is 0 Å². The maximum atomic E-state index is 9.34. The van der Waals surface area contributed by atoms with Gasteiger partial charge in [-0.3, -0.25) is 5.32 Å².